The smallest absolute Gasteiger partial charge is 0.124 e. The Bertz CT molecular complexity index is 508. The van der Waals surface area contributed by atoms with Gasteiger partial charge in [-0.2, -0.15) is 0 Å². The summed E-state index contributed by atoms with van der Waals surface area (Å²) < 4.78 is 6.46. The van der Waals surface area contributed by atoms with Crippen molar-refractivity contribution in [3.63, 3.8) is 0 Å². The minimum absolute atomic E-state index is 0.541. The molecule has 0 spiro atoms. The molecule has 2 aromatic carbocycles. The molecule has 1 unspecified atom stereocenters. The van der Waals surface area contributed by atoms with E-state index in [0.29, 0.717) is 6.42 Å². The highest BCUT2D eigenvalue weighted by molar-refractivity contribution is 14.1. The summed E-state index contributed by atoms with van der Waals surface area (Å²) >= 11 is 2.27. The number of ether oxygens (including phenoxy) is 1. The maximum Gasteiger partial charge on any atom is 0.124 e. The van der Waals surface area contributed by atoms with Gasteiger partial charge in [0, 0.05) is 15.6 Å². The van der Waals surface area contributed by atoms with Crippen LogP contribution in [-0.2, 0) is 6.42 Å². The molecule has 0 radical (unpaired) electrons. The van der Waals surface area contributed by atoms with Crippen LogP contribution in [0.1, 0.15) is 17.2 Å². The van der Waals surface area contributed by atoms with Gasteiger partial charge in [0.15, 0.2) is 0 Å². The lowest BCUT2D eigenvalue weighted by Crippen LogP contribution is -2.04. The Hall–Kier alpha value is -1.07. The lowest BCUT2D eigenvalue weighted by molar-refractivity contribution is 0.174. The average molecular weight is 354 g/mol. The number of hydrogen-bond donors (Lipinski definition) is 1. The van der Waals surface area contributed by atoms with Crippen LogP contribution in [0, 0.1) is 3.57 Å². The maximum absolute atomic E-state index is 10.3. The minimum Gasteiger partial charge on any atom is -0.496 e. The van der Waals surface area contributed by atoms with E-state index in [2.05, 4.69) is 22.6 Å². The highest BCUT2D eigenvalue weighted by Gasteiger charge is 2.13. The van der Waals surface area contributed by atoms with Crippen LogP contribution in [0.4, 0.5) is 0 Å². The molecule has 0 aromatic heterocycles. The lowest BCUT2D eigenvalue weighted by Gasteiger charge is -2.14. The summed E-state index contributed by atoms with van der Waals surface area (Å²) in [6, 6.07) is 15.8. The average Bonchev–Trinajstić information content (AvgIpc) is 2.41. The summed E-state index contributed by atoms with van der Waals surface area (Å²) in [5, 5.41) is 10.3. The lowest BCUT2D eigenvalue weighted by atomic mass is 10.0. The van der Waals surface area contributed by atoms with Gasteiger partial charge in [-0.1, -0.05) is 30.3 Å². The second-order valence-corrected chi connectivity index (χ2v) is 5.33. The zero-order chi connectivity index (χ0) is 13.0. The van der Waals surface area contributed by atoms with Crippen LogP contribution < -0.4 is 4.74 Å². The molecule has 0 saturated carbocycles. The Morgan fingerprint density at radius 1 is 1.11 bits per heavy atom. The highest BCUT2D eigenvalue weighted by atomic mass is 127. The second kappa shape index (κ2) is 6.20. The van der Waals surface area contributed by atoms with Gasteiger partial charge >= 0.3 is 0 Å². The third-order valence-corrected chi connectivity index (χ3v) is 3.56. The van der Waals surface area contributed by atoms with Gasteiger partial charge in [0.1, 0.15) is 5.75 Å². The van der Waals surface area contributed by atoms with Crippen molar-refractivity contribution in [3.05, 3.63) is 63.2 Å². The summed E-state index contributed by atoms with van der Waals surface area (Å²) in [6.07, 6.45) is 0.0540. The van der Waals surface area contributed by atoms with Crippen LogP contribution in [0.25, 0.3) is 0 Å². The fourth-order valence-electron chi connectivity index (χ4n) is 1.90. The first-order chi connectivity index (χ1) is 8.70. The van der Waals surface area contributed by atoms with Crippen molar-refractivity contribution in [2.45, 2.75) is 12.5 Å². The number of hydrogen-bond acceptors (Lipinski definition) is 2. The molecule has 0 heterocycles. The summed E-state index contributed by atoms with van der Waals surface area (Å²) in [4.78, 5) is 0. The van der Waals surface area contributed by atoms with Crippen molar-refractivity contribution < 1.29 is 9.84 Å². The van der Waals surface area contributed by atoms with E-state index < -0.39 is 6.10 Å². The molecule has 18 heavy (non-hydrogen) atoms. The minimum atomic E-state index is -0.541. The molecule has 0 saturated heterocycles. The monoisotopic (exact) mass is 354 g/mol. The molecule has 0 aliphatic heterocycles. The van der Waals surface area contributed by atoms with Crippen LogP contribution in [0.15, 0.2) is 48.5 Å². The number of para-hydroxylation sites is 1. The van der Waals surface area contributed by atoms with E-state index in [0.717, 1.165) is 16.9 Å². The van der Waals surface area contributed by atoms with Gasteiger partial charge in [0.25, 0.3) is 0 Å². The molecular weight excluding hydrogens is 339 g/mol. The summed E-state index contributed by atoms with van der Waals surface area (Å²) in [5.41, 5.74) is 1.95. The first kappa shape index (κ1) is 13.4. The van der Waals surface area contributed by atoms with E-state index in [4.69, 9.17) is 4.74 Å². The van der Waals surface area contributed by atoms with Gasteiger partial charge in [0.2, 0.25) is 0 Å². The van der Waals surface area contributed by atoms with Gasteiger partial charge in [0.05, 0.1) is 13.2 Å². The topological polar surface area (TPSA) is 29.5 Å². The predicted molar refractivity (Wildman–Crippen MR) is 80.8 cm³/mol. The molecule has 0 fully saturated rings. The Kier molecular flexibility index (Phi) is 4.60. The van der Waals surface area contributed by atoms with E-state index in [1.807, 2.05) is 48.5 Å². The predicted octanol–water partition coefficient (Wildman–Crippen LogP) is 3.58. The van der Waals surface area contributed by atoms with Crippen molar-refractivity contribution in [2.75, 3.05) is 7.11 Å². The van der Waals surface area contributed by atoms with Gasteiger partial charge in [-0.05, 0) is 46.4 Å². The largest absolute Gasteiger partial charge is 0.496 e. The SMILES string of the molecule is COc1ccccc1C(O)Cc1ccc(I)cc1. The zero-order valence-electron chi connectivity index (χ0n) is 10.1. The normalized spacial score (nSPS) is 12.2. The Balaban J connectivity index is 2.16. The van der Waals surface area contributed by atoms with Gasteiger partial charge in [-0.3, -0.25) is 0 Å². The van der Waals surface area contributed by atoms with Gasteiger partial charge in [-0.25, -0.2) is 0 Å². The molecule has 0 amide bonds. The molecule has 0 aliphatic rings. The summed E-state index contributed by atoms with van der Waals surface area (Å²) in [5.74, 6) is 0.732. The molecular formula is C15H15IO2. The molecule has 2 nitrogen and oxygen atoms in total. The molecule has 1 N–H and O–H groups in total. The fourth-order valence-corrected chi connectivity index (χ4v) is 2.26. The van der Waals surface area contributed by atoms with E-state index in [9.17, 15) is 5.11 Å². The van der Waals surface area contributed by atoms with Gasteiger partial charge < -0.3 is 9.84 Å². The van der Waals surface area contributed by atoms with Crippen molar-refractivity contribution in [3.8, 4) is 5.75 Å². The van der Waals surface area contributed by atoms with Crippen LogP contribution in [0.3, 0.4) is 0 Å². The Morgan fingerprint density at radius 2 is 1.78 bits per heavy atom. The molecule has 94 valence electrons. The van der Waals surface area contributed by atoms with Crippen LogP contribution >= 0.6 is 22.6 Å². The van der Waals surface area contributed by atoms with Crippen LogP contribution in [-0.4, -0.2) is 12.2 Å². The van der Waals surface area contributed by atoms with Crippen molar-refractivity contribution in [2.24, 2.45) is 0 Å². The number of aliphatic hydroxyl groups is 1. The fraction of sp³-hybridized carbons (Fsp3) is 0.200. The number of benzene rings is 2. The molecule has 1 atom stereocenters. The maximum atomic E-state index is 10.3. The second-order valence-electron chi connectivity index (χ2n) is 4.09. The summed E-state index contributed by atoms with van der Waals surface area (Å²) in [6.45, 7) is 0. The summed E-state index contributed by atoms with van der Waals surface area (Å²) in [7, 11) is 1.62. The molecule has 2 rings (SSSR count). The Morgan fingerprint density at radius 3 is 2.44 bits per heavy atom. The van der Waals surface area contributed by atoms with Crippen molar-refractivity contribution in [1.82, 2.24) is 0 Å². The van der Waals surface area contributed by atoms with E-state index in [1.54, 1.807) is 7.11 Å². The van der Waals surface area contributed by atoms with Gasteiger partial charge in [-0.15, -0.1) is 0 Å². The van der Waals surface area contributed by atoms with E-state index >= 15 is 0 Å². The molecule has 0 aliphatic carbocycles. The molecule has 0 bridgehead atoms. The Labute approximate surface area is 121 Å². The first-order valence-electron chi connectivity index (χ1n) is 5.76. The zero-order valence-corrected chi connectivity index (χ0v) is 12.3. The first-order valence-corrected chi connectivity index (χ1v) is 6.84. The van der Waals surface area contributed by atoms with Crippen LogP contribution in [0.5, 0.6) is 5.75 Å². The van der Waals surface area contributed by atoms with Crippen molar-refractivity contribution in [1.29, 1.82) is 0 Å². The van der Waals surface area contributed by atoms with Crippen LogP contribution in [0.2, 0.25) is 0 Å². The third kappa shape index (κ3) is 3.23. The third-order valence-electron chi connectivity index (χ3n) is 2.84. The number of halogens is 1. The van der Waals surface area contributed by atoms with Crippen molar-refractivity contribution >= 4 is 22.6 Å². The molecule has 3 heteroatoms. The highest BCUT2D eigenvalue weighted by Crippen LogP contribution is 2.27. The number of aliphatic hydroxyl groups excluding tert-OH is 1. The number of rotatable bonds is 4. The molecule has 2 aromatic rings. The quantitative estimate of drug-likeness (QED) is 0.851. The number of methoxy groups -OCH3 is 1. The standard InChI is InChI=1S/C15H15IO2/c1-18-15-5-3-2-4-13(15)14(17)10-11-6-8-12(16)9-7-11/h2-9,14,17H,10H2,1H3. The van der Waals surface area contributed by atoms with E-state index in [-0.39, 0.29) is 0 Å². The van der Waals surface area contributed by atoms with E-state index in [1.165, 1.54) is 3.57 Å².